The number of benzene rings is 1. The standard InChI is InChI=1S/C21H21N5O2/c27-20(24-14-16-4-3-8-22-13-16)12-19(25-11-9-23-15-25)21(28)26-10-7-17-5-1-2-6-18(17)26/h1-6,8-9,11,13,15,19H,7,10,12,14H2,(H,24,27)/p+1. The van der Waals surface area contributed by atoms with Crippen LogP contribution in [0.2, 0.25) is 0 Å². The molecule has 142 valence electrons. The molecule has 28 heavy (non-hydrogen) atoms. The lowest BCUT2D eigenvalue weighted by Crippen LogP contribution is -2.38. The van der Waals surface area contributed by atoms with E-state index in [9.17, 15) is 9.59 Å². The summed E-state index contributed by atoms with van der Waals surface area (Å²) in [4.78, 5) is 34.7. The third-order valence-corrected chi connectivity index (χ3v) is 4.96. The zero-order chi connectivity index (χ0) is 19.3. The maximum Gasteiger partial charge on any atom is 0.250 e. The van der Waals surface area contributed by atoms with Crippen LogP contribution in [0.3, 0.4) is 0 Å². The molecule has 0 fully saturated rings. The van der Waals surface area contributed by atoms with Crippen molar-refractivity contribution in [3.63, 3.8) is 0 Å². The van der Waals surface area contributed by atoms with Crippen LogP contribution in [0.4, 0.5) is 5.69 Å². The number of nitrogens with one attached hydrogen (secondary N) is 2. The number of hydrogen-bond acceptors (Lipinski definition) is 3. The third kappa shape index (κ3) is 3.78. The van der Waals surface area contributed by atoms with Crippen LogP contribution < -0.4 is 15.2 Å². The van der Waals surface area contributed by atoms with Gasteiger partial charge >= 0.3 is 0 Å². The van der Waals surface area contributed by atoms with Crippen LogP contribution in [0.1, 0.15) is 23.6 Å². The average Bonchev–Trinajstić information content (AvgIpc) is 3.41. The van der Waals surface area contributed by atoms with Crippen molar-refractivity contribution >= 4 is 17.5 Å². The van der Waals surface area contributed by atoms with Gasteiger partial charge in [0.05, 0.1) is 12.7 Å². The number of anilines is 1. The Bertz CT molecular complexity index is 956. The molecule has 0 radical (unpaired) electrons. The quantitative estimate of drug-likeness (QED) is 0.708. The highest BCUT2D eigenvalue weighted by Gasteiger charge is 2.32. The Morgan fingerprint density at radius 2 is 2.11 bits per heavy atom. The van der Waals surface area contributed by atoms with Gasteiger partial charge in [0.15, 0.2) is 12.4 Å². The number of aromatic nitrogens is 3. The van der Waals surface area contributed by atoms with Gasteiger partial charge in [-0.05, 0) is 24.1 Å². The molecule has 0 aliphatic carbocycles. The van der Waals surface area contributed by atoms with Crippen molar-refractivity contribution in [3.05, 3.63) is 78.6 Å². The minimum atomic E-state index is -0.629. The lowest BCUT2D eigenvalue weighted by Gasteiger charge is -2.24. The van der Waals surface area contributed by atoms with Crippen molar-refractivity contribution in [2.24, 2.45) is 0 Å². The second-order valence-electron chi connectivity index (χ2n) is 6.79. The number of rotatable bonds is 6. The lowest BCUT2D eigenvalue weighted by atomic mass is 10.1. The van der Waals surface area contributed by atoms with E-state index < -0.39 is 6.04 Å². The minimum Gasteiger partial charge on any atom is -0.352 e. The van der Waals surface area contributed by atoms with Gasteiger partial charge in [-0.3, -0.25) is 9.59 Å². The zero-order valence-corrected chi connectivity index (χ0v) is 15.4. The van der Waals surface area contributed by atoms with E-state index in [0.29, 0.717) is 13.1 Å². The van der Waals surface area contributed by atoms with Gasteiger partial charge in [-0.25, -0.2) is 9.97 Å². The van der Waals surface area contributed by atoms with Gasteiger partial charge in [0.1, 0.15) is 6.04 Å². The van der Waals surface area contributed by atoms with E-state index >= 15 is 0 Å². The second-order valence-corrected chi connectivity index (χ2v) is 6.79. The first kappa shape index (κ1) is 17.9. The molecular formula is C21H22N5O2+. The first-order valence-corrected chi connectivity index (χ1v) is 9.31. The van der Waals surface area contributed by atoms with Crippen molar-refractivity contribution in [1.82, 2.24) is 14.9 Å². The third-order valence-electron chi connectivity index (χ3n) is 4.96. The molecule has 2 amide bonds. The van der Waals surface area contributed by atoms with E-state index in [1.165, 1.54) is 0 Å². The zero-order valence-electron chi connectivity index (χ0n) is 15.4. The maximum atomic E-state index is 13.3. The van der Waals surface area contributed by atoms with Gasteiger partial charge in [-0.15, -0.1) is 0 Å². The first-order chi connectivity index (χ1) is 13.7. The Labute approximate surface area is 163 Å². The number of nitrogens with zero attached hydrogens (tertiary/aromatic N) is 3. The van der Waals surface area contributed by atoms with Gasteiger partial charge in [0.2, 0.25) is 5.91 Å². The number of para-hydroxylation sites is 1. The number of aromatic amines is 1. The Kier molecular flexibility index (Phi) is 5.14. The van der Waals surface area contributed by atoms with Crippen molar-refractivity contribution in [2.45, 2.75) is 25.4 Å². The molecular weight excluding hydrogens is 354 g/mol. The monoisotopic (exact) mass is 376 g/mol. The summed E-state index contributed by atoms with van der Waals surface area (Å²) in [5, 5.41) is 2.89. The molecule has 3 aromatic rings. The summed E-state index contributed by atoms with van der Waals surface area (Å²) in [5.41, 5.74) is 3.05. The highest BCUT2D eigenvalue weighted by molar-refractivity contribution is 6.00. The van der Waals surface area contributed by atoms with Crippen molar-refractivity contribution in [1.29, 1.82) is 0 Å². The topological polar surface area (TPSA) is 81.4 Å². The summed E-state index contributed by atoms with van der Waals surface area (Å²) in [6.45, 7) is 1.04. The summed E-state index contributed by atoms with van der Waals surface area (Å²) in [7, 11) is 0. The van der Waals surface area contributed by atoms with Gasteiger partial charge in [0.25, 0.3) is 5.91 Å². The SMILES string of the molecule is O=C(CC(C(=O)N1CCc2ccccc21)n1ccnc1)NCc1ccc[nH+]c1. The van der Waals surface area contributed by atoms with E-state index in [0.717, 1.165) is 23.2 Å². The highest BCUT2D eigenvalue weighted by atomic mass is 16.2. The molecule has 7 nitrogen and oxygen atoms in total. The molecule has 1 aliphatic rings. The van der Waals surface area contributed by atoms with Crippen molar-refractivity contribution in [2.75, 3.05) is 11.4 Å². The first-order valence-electron chi connectivity index (χ1n) is 9.31. The minimum absolute atomic E-state index is 0.0599. The Balaban J connectivity index is 1.48. The molecule has 7 heteroatoms. The molecule has 1 aromatic carbocycles. The predicted molar refractivity (Wildman–Crippen MR) is 103 cm³/mol. The smallest absolute Gasteiger partial charge is 0.250 e. The largest absolute Gasteiger partial charge is 0.352 e. The molecule has 0 bridgehead atoms. The molecule has 2 N–H and O–H groups in total. The normalized spacial score (nSPS) is 13.8. The van der Waals surface area contributed by atoms with Crippen LogP contribution in [0.5, 0.6) is 0 Å². The van der Waals surface area contributed by atoms with E-state index in [-0.39, 0.29) is 18.2 Å². The molecule has 2 aromatic heterocycles. The summed E-state index contributed by atoms with van der Waals surface area (Å²) >= 11 is 0. The fraction of sp³-hybridized carbons (Fsp3) is 0.238. The van der Waals surface area contributed by atoms with E-state index in [4.69, 9.17) is 0 Å². The number of carbonyl (C=O) groups excluding carboxylic acids is 2. The van der Waals surface area contributed by atoms with Gasteiger partial charge in [-0.2, -0.15) is 0 Å². The number of carbonyl (C=O) groups is 2. The number of H-pyrrole nitrogens is 1. The van der Waals surface area contributed by atoms with E-state index in [2.05, 4.69) is 15.3 Å². The molecule has 0 spiro atoms. The Hall–Kier alpha value is -3.48. The number of pyridine rings is 1. The Morgan fingerprint density at radius 3 is 2.89 bits per heavy atom. The molecule has 0 saturated carbocycles. The van der Waals surface area contributed by atoms with E-state index in [1.807, 2.05) is 48.8 Å². The molecule has 1 atom stereocenters. The van der Waals surface area contributed by atoms with E-state index in [1.54, 1.807) is 28.2 Å². The number of amides is 2. The number of hydrogen-bond donors (Lipinski definition) is 1. The van der Waals surface area contributed by atoms with Crippen molar-refractivity contribution < 1.29 is 14.6 Å². The fourth-order valence-corrected chi connectivity index (χ4v) is 3.51. The van der Waals surface area contributed by atoms with Crippen molar-refractivity contribution in [3.8, 4) is 0 Å². The molecule has 0 saturated heterocycles. The highest BCUT2D eigenvalue weighted by Crippen LogP contribution is 2.30. The van der Waals surface area contributed by atoms with Gasteiger partial charge in [0, 0.05) is 42.8 Å². The van der Waals surface area contributed by atoms with Crippen LogP contribution in [-0.2, 0) is 22.6 Å². The predicted octanol–water partition coefficient (Wildman–Crippen LogP) is 1.53. The van der Waals surface area contributed by atoms with Crippen LogP contribution in [0, 0.1) is 0 Å². The number of fused-ring (bicyclic) bond motifs is 1. The molecule has 3 heterocycles. The van der Waals surface area contributed by atoms with Gasteiger partial charge in [-0.1, -0.05) is 18.2 Å². The Morgan fingerprint density at radius 1 is 1.21 bits per heavy atom. The second kappa shape index (κ2) is 8.04. The maximum absolute atomic E-state index is 13.3. The van der Waals surface area contributed by atoms with Crippen LogP contribution in [0.15, 0.2) is 67.5 Å². The summed E-state index contributed by atoms with van der Waals surface area (Å²) < 4.78 is 1.71. The number of imidazole rings is 1. The summed E-state index contributed by atoms with van der Waals surface area (Å²) in [6.07, 6.45) is 9.47. The summed E-state index contributed by atoms with van der Waals surface area (Å²) in [5.74, 6) is -0.269. The summed E-state index contributed by atoms with van der Waals surface area (Å²) in [6, 6.07) is 11.1. The van der Waals surface area contributed by atoms with Crippen LogP contribution in [-0.4, -0.2) is 27.9 Å². The van der Waals surface area contributed by atoms with Crippen LogP contribution >= 0.6 is 0 Å². The average molecular weight is 376 g/mol. The fourth-order valence-electron chi connectivity index (χ4n) is 3.51. The molecule has 4 rings (SSSR count). The van der Waals surface area contributed by atoms with Crippen LogP contribution in [0.25, 0.3) is 0 Å². The molecule has 1 unspecified atom stereocenters. The lowest BCUT2D eigenvalue weighted by molar-refractivity contribution is -0.378. The van der Waals surface area contributed by atoms with Gasteiger partial charge < -0.3 is 14.8 Å². The molecule has 1 aliphatic heterocycles.